The Kier molecular flexibility index (Phi) is 12.0. The number of hydrogen-bond acceptors (Lipinski definition) is 14. The van der Waals surface area contributed by atoms with Crippen LogP contribution < -0.4 is 0 Å². The van der Waals surface area contributed by atoms with Crippen molar-refractivity contribution in [1.29, 1.82) is 0 Å². The van der Waals surface area contributed by atoms with Gasteiger partial charge in [0.2, 0.25) is 0 Å². The average Bonchev–Trinajstić information content (AvgIpc) is 2.88. The van der Waals surface area contributed by atoms with Gasteiger partial charge in [-0.3, -0.25) is 9.59 Å². The molecule has 1 aliphatic carbocycles. The van der Waals surface area contributed by atoms with E-state index in [-0.39, 0.29) is 12.8 Å². The van der Waals surface area contributed by atoms with Crippen LogP contribution in [0.4, 0.5) is 0 Å². The zero-order valence-corrected chi connectivity index (χ0v) is 22.0. The largest absolute Gasteiger partial charge is 0.391 e. The fourth-order valence-electron chi connectivity index (χ4n) is 5.71. The summed E-state index contributed by atoms with van der Waals surface area (Å²) in [5.74, 6) is -2.65. The standard InChI is InChI=1S/C24H44O14/c1-10(25)14(29)16(31)18(33)20(35)23(37,12(3)27)22(8-6-5-7-9-22)24(38,13(4)28)21(36)19(34)17(32)15(30)11(2)26/h10-11,14-21,25-26,29-38H,5-9H2,1-4H3/t10?,11?,14-,15-,16-,17-,18+,19+,20+,21+,23?,24?/m1/s1. The first-order valence-electron chi connectivity index (χ1n) is 12.5. The van der Waals surface area contributed by atoms with Gasteiger partial charge in [-0.15, -0.1) is 0 Å². The molecule has 0 radical (unpaired) electrons. The van der Waals surface area contributed by atoms with Crippen LogP contribution in [0.2, 0.25) is 0 Å². The first-order valence-corrected chi connectivity index (χ1v) is 12.5. The van der Waals surface area contributed by atoms with Crippen LogP contribution in [0, 0.1) is 5.41 Å². The van der Waals surface area contributed by atoms with Crippen molar-refractivity contribution < 1.29 is 70.9 Å². The molecule has 1 saturated carbocycles. The number of carbonyl (C=O) groups is 2. The lowest BCUT2D eigenvalue weighted by atomic mass is 9.49. The molecule has 0 aromatic carbocycles. The summed E-state index contributed by atoms with van der Waals surface area (Å²) in [5, 5.41) is 127. The minimum atomic E-state index is -3.32. The predicted molar refractivity (Wildman–Crippen MR) is 128 cm³/mol. The predicted octanol–water partition coefficient (Wildman–Crippen LogP) is -4.77. The second-order valence-electron chi connectivity index (χ2n) is 10.6. The van der Waals surface area contributed by atoms with Crippen molar-refractivity contribution in [2.75, 3.05) is 0 Å². The van der Waals surface area contributed by atoms with E-state index in [9.17, 15) is 70.9 Å². The van der Waals surface area contributed by atoms with Crippen LogP contribution in [-0.4, -0.2) is 145 Å². The highest BCUT2D eigenvalue weighted by molar-refractivity contribution is 5.92. The van der Waals surface area contributed by atoms with Gasteiger partial charge in [0.15, 0.2) is 22.8 Å². The zero-order chi connectivity index (χ0) is 30.0. The molecule has 14 heteroatoms. The average molecular weight is 557 g/mol. The van der Waals surface area contributed by atoms with Crippen LogP contribution in [0.5, 0.6) is 0 Å². The molecule has 0 aliphatic heterocycles. The molecular formula is C24H44O14. The lowest BCUT2D eigenvalue weighted by Gasteiger charge is -2.59. The molecule has 1 rings (SSSR count). The van der Waals surface area contributed by atoms with E-state index in [0.29, 0.717) is 6.42 Å². The van der Waals surface area contributed by atoms with Gasteiger partial charge in [0.25, 0.3) is 0 Å². The van der Waals surface area contributed by atoms with Gasteiger partial charge < -0.3 is 61.3 Å². The Balaban J connectivity index is 3.86. The number of rotatable bonds is 14. The van der Waals surface area contributed by atoms with E-state index < -0.39 is 102 Å². The number of ketones is 2. The molecule has 0 amide bonds. The third kappa shape index (κ3) is 5.82. The molecule has 0 aromatic heterocycles. The first-order chi connectivity index (χ1) is 17.3. The Labute approximate surface area is 220 Å². The maximum absolute atomic E-state index is 13.0. The van der Waals surface area contributed by atoms with E-state index in [2.05, 4.69) is 0 Å². The second kappa shape index (κ2) is 13.0. The van der Waals surface area contributed by atoms with E-state index >= 15 is 0 Å². The van der Waals surface area contributed by atoms with Gasteiger partial charge in [-0.25, -0.2) is 0 Å². The van der Waals surface area contributed by atoms with E-state index in [1.54, 1.807) is 0 Å². The number of aliphatic hydroxyl groups excluding tert-OH is 10. The Morgan fingerprint density at radius 1 is 0.553 bits per heavy atom. The number of carbonyl (C=O) groups excluding carboxylic acids is 2. The van der Waals surface area contributed by atoms with Crippen LogP contribution in [0.1, 0.15) is 59.8 Å². The lowest BCUT2D eigenvalue weighted by Crippen LogP contribution is -2.78. The fourth-order valence-corrected chi connectivity index (χ4v) is 5.71. The second-order valence-corrected chi connectivity index (χ2v) is 10.6. The number of aliphatic hydroxyl groups is 12. The van der Waals surface area contributed by atoms with E-state index in [1.165, 1.54) is 0 Å². The Morgan fingerprint density at radius 3 is 1.08 bits per heavy atom. The SMILES string of the molecule is CC(=O)C(O)([C@@H](O)[C@@H](O)[C@H](O)[C@H](O)C(C)O)C1(C(O)(C(C)=O)[C@@H](O)[C@@H](O)[C@H](O)[C@H](O)C(C)O)CCCCC1. The summed E-state index contributed by atoms with van der Waals surface area (Å²) in [5.41, 5.74) is -9.19. The van der Waals surface area contributed by atoms with Gasteiger partial charge in [0.05, 0.1) is 12.2 Å². The highest BCUT2D eigenvalue weighted by atomic mass is 16.4. The summed E-state index contributed by atoms with van der Waals surface area (Å²) in [4.78, 5) is 26.1. The Morgan fingerprint density at radius 2 is 0.842 bits per heavy atom. The molecule has 12 atom stereocenters. The van der Waals surface area contributed by atoms with E-state index in [0.717, 1.165) is 27.7 Å². The van der Waals surface area contributed by atoms with Crippen molar-refractivity contribution in [2.24, 2.45) is 5.41 Å². The highest BCUT2D eigenvalue weighted by Crippen LogP contribution is 2.56. The van der Waals surface area contributed by atoms with Gasteiger partial charge in [-0.2, -0.15) is 0 Å². The third-order valence-corrected chi connectivity index (χ3v) is 8.13. The molecule has 0 spiro atoms. The molecule has 12 N–H and O–H groups in total. The molecule has 1 aliphatic rings. The zero-order valence-electron chi connectivity index (χ0n) is 22.0. The minimum absolute atomic E-state index is 0.106. The van der Waals surface area contributed by atoms with Crippen molar-refractivity contribution >= 4 is 11.6 Å². The first kappa shape index (κ1) is 34.9. The molecular weight excluding hydrogens is 512 g/mol. The molecule has 224 valence electrons. The lowest BCUT2D eigenvalue weighted by molar-refractivity contribution is -0.281. The van der Waals surface area contributed by atoms with Gasteiger partial charge in [0, 0.05) is 5.41 Å². The fraction of sp³-hybridized carbons (Fsp3) is 0.917. The number of hydrogen-bond donors (Lipinski definition) is 12. The van der Waals surface area contributed by atoms with Crippen LogP contribution in [0.3, 0.4) is 0 Å². The molecule has 0 saturated heterocycles. The summed E-state index contributed by atoms with van der Waals surface area (Å²) in [6.07, 6.45) is -22.8. The van der Waals surface area contributed by atoms with E-state index in [1.807, 2.05) is 0 Å². The normalized spacial score (nSPS) is 27.3. The molecule has 38 heavy (non-hydrogen) atoms. The smallest absolute Gasteiger partial charge is 0.164 e. The summed E-state index contributed by atoms with van der Waals surface area (Å²) in [6, 6.07) is 0. The van der Waals surface area contributed by atoms with Gasteiger partial charge in [-0.1, -0.05) is 19.3 Å². The van der Waals surface area contributed by atoms with Crippen LogP contribution in [0.25, 0.3) is 0 Å². The minimum Gasteiger partial charge on any atom is -0.391 e. The maximum Gasteiger partial charge on any atom is 0.164 e. The Hall–Kier alpha value is -1.14. The summed E-state index contributed by atoms with van der Waals surface area (Å²) < 4.78 is 0. The van der Waals surface area contributed by atoms with Crippen LogP contribution in [0.15, 0.2) is 0 Å². The van der Waals surface area contributed by atoms with Gasteiger partial charge in [-0.05, 0) is 40.5 Å². The molecule has 0 aromatic rings. The summed E-state index contributed by atoms with van der Waals surface area (Å²) in [6.45, 7) is 3.59. The molecule has 1 fully saturated rings. The van der Waals surface area contributed by atoms with Crippen molar-refractivity contribution in [3.63, 3.8) is 0 Å². The topological polar surface area (TPSA) is 277 Å². The van der Waals surface area contributed by atoms with Crippen molar-refractivity contribution in [3.05, 3.63) is 0 Å². The molecule has 0 bridgehead atoms. The van der Waals surface area contributed by atoms with Crippen LogP contribution >= 0.6 is 0 Å². The third-order valence-electron chi connectivity index (χ3n) is 8.13. The molecule has 0 heterocycles. The van der Waals surface area contributed by atoms with Crippen LogP contribution in [-0.2, 0) is 9.59 Å². The summed E-state index contributed by atoms with van der Waals surface area (Å²) >= 11 is 0. The molecule has 4 unspecified atom stereocenters. The van der Waals surface area contributed by atoms with Crippen molar-refractivity contribution in [3.8, 4) is 0 Å². The molecule has 14 nitrogen and oxygen atoms in total. The highest BCUT2D eigenvalue weighted by Gasteiger charge is 2.72. The van der Waals surface area contributed by atoms with Crippen molar-refractivity contribution in [1.82, 2.24) is 0 Å². The monoisotopic (exact) mass is 556 g/mol. The maximum atomic E-state index is 13.0. The van der Waals surface area contributed by atoms with Crippen molar-refractivity contribution in [2.45, 2.75) is 132 Å². The Bertz CT molecular complexity index is 741. The number of Topliss-reactive ketones (excluding diaryl/α,β-unsaturated/α-hetero) is 2. The van der Waals surface area contributed by atoms with Gasteiger partial charge in [0.1, 0.15) is 48.8 Å². The van der Waals surface area contributed by atoms with Gasteiger partial charge >= 0.3 is 0 Å². The van der Waals surface area contributed by atoms with E-state index in [4.69, 9.17) is 0 Å². The quantitative estimate of drug-likeness (QED) is 0.0957. The summed E-state index contributed by atoms with van der Waals surface area (Å²) in [7, 11) is 0.